The number of rotatable bonds is 4. The van der Waals surface area contributed by atoms with Gasteiger partial charge in [-0.15, -0.1) is 11.3 Å². The van der Waals surface area contributed by atoms with Crippen LogP contribution in [0.25, 0.3) is 0 Å². The summed E-state index contributed by atoms with van der Waals surface area (Å²) in [6.45, 7) is 3.48. The minimum Gasteiger partial charge on any atom is -0.325 e. The van der Waals surface area contributed by atoms with Crippen LogP contribution in [0.5, 0.6) is 0 Å². The predicted molar refractivity (Wildman–Crippen MR) is 92.4 cm³/mol. The van der Waals surface area contributed by atoms with Gasteiger partial charge in [0.05, 0.1) is 19.0 Å². The number of amides is 1. The molecule has 1 aliphatic heterocycles. The van der Waals surface area contributed by atoms with Gasteiger partial charge in [-0.25, -0.2) is 0 Å². The molecular weight excluding hydrogens is 306 g/mol. The van der Waals surface area contributed by atoms with Gasteiger partial charge in [0, 0.05) is 23.2 Å². The lowest BCUT2D eigenvalue weighted by Gasteiger charge is -2.32. The molecule has 118 valence electrons. The number of benzene rings is 1. The Bertz CT molecular complexity index is 729. The topological polar surface area (TPSA) is 56.1 Å². The van der Waals surface area contributed by atoms with E-state index in [2.05, 4.69) is 34.7 Å². The molecule has 4 nitrogen and oxygen atoms in total. The monoisotopic (exact) mass is 325 g/mol. The minimum atomic E-state index is 0.00330. The van der Waals surface area contributed by atoms with E-state index in [-0.39, 0.29) is 11.9 Å². The second kappa shape index (κ2) is 6.95. The van der Waals surface area contributed by atoms with Gasteiger partial charge < -0.3 is 5.32 Å². The molecule has 1 aromatic heterocycles. The van der Waals surface area contributed by atoms with E-state index >= 15 is 0 Å². The highest BCUT2D eigenvalue weighted by Gasteiger charge is 2.26. The normalized spacial score (nSPS) is 17.3. The third kappa shape index (κ3) is 3.61. The SMILES string of the molecule is C[C@@H]1c2ccsc2CCN1CC(=O)Nc1ccc(CC#N)cc1. The Hall–Kier alpha value is -2.16. The lowest BCUT2D eigenvalue weighted by atomic mass is 10.0. The third-order valence-corrected chi connectivity index (χ3v) is 5.27. The van der Waals surface area contributed by atoms with Gasteiger partial charge in [0.2, 0.25) is 5.91 Å². The molecule has 0 spiro atoms. The first kappa shape index (κ1) is 15.7. The number of thiophene rings is 1. The Kier molecular flexibility index (Phi) is 4.75. The van der Waals surface area contributed by atoms with Crippen LogP contribution in [-0.4, -0.2) is 23.9 Å². The molecule has 3 rings (SSSR count). The molecule has 0 saturated carbocycles. The van der Waals surface area contributed by atoms with Gasteiger partial charge >= 0.3 is 0 Å². The van der Waals surface area contributed by atoms with Crippen LogP contribution in [0.1, 0.15) is 29.0 Å². The lowest BCUT2D eigenvalue weighted by Crippen LogP contribution is -2.39. The van der Waals surface area contributed by atoms with Crippen LogP contribution in [0.15, 0.2) is 35.7 Å². The summed E-state index contributed by atoms with van der Waals surface area (Å²) in [6, 6.07) is 12.0. The summed E-state index contributed by atoms with van der Waals surface area (Å²) in [6.07, 6.45) is 1.41. The summed E-state index contributed by atoms with van der Waals surface area (Å²) in [5.74, 6) is 0.00330. The summed E-state index contributed by atoms with van der Waals surface area (Å²) in [7, 11) is 0. The molecule has 1 amide bonds. The van der Waals surface area contributed by atoms with E-state index in [1.165, 1.54) is 10.4 Å². The molecule has 23 heavy (non-hydrogen) atoms. The molecule has 0 radical (unpaired) electrons. The molecule has 0 saturated heterocycles. The molecule has 1 aromatic carbocycles. The number of carbonyl (C=O) groups excluding carboxylic acids is 1. The summed E-state index contributed by atoms with van der Waals surface area (Å²) in [5.41, 5.74) is 3.09. The van der Waals surface area contributed by atoms with Crippen molar-refractivity contribution < 1.29 is 4.79 Å². The maximum absolute atomic E-state index is 12.3. The zero-order valence-electron chi connectivity index (χ0n) is 13.1. The van der Waals surface area contributed by atoms with Crippen LogP contribution in [0.3, 0.4) is 0 Å². The number of nitriles is 1. The first-order valence-corrected chi connectivity index (χ1v) is 8.61. The van der Waals surface area contributed by atoms with Crippen molar-refractivity contribution in [2.75, 3.05) is 18.4 Å². The molecule has 5 heteroatoms. The molecule has 0 bridgehead atoms. The maximum Gasteiger partial charge on any atom is 0.238 e. The van der Waals surface area contributed by atoms with Crippen LogP contribution < -0.4 is 5.32 Å². The van der Waals surface area contributed by atoms with Gasteiger partial charge in [-0.05, 0) is 48.1 Å². The van der Waals surface area contributed by atoms with Crippen LogP contribution >= 0.6 is 11.3 Å². The highest BCUT2D eigenvalue weighted by molar-refractivity contribution is 7.10. The van der Waals surface area contributed by atoms with Crippen molar-refractivity contribution in [3.05, 3.63) is 51.7 Å². The smallest absolute Gasteiger partial charge is 0.238 e. The summed E-state index contributed by atoms with van der Waals surface area (Å²) < 4.78 is 0. The van der Waals surface area contributed by atoms with Gasteiger partial charge in [0.15, 0.2) is 0 Å². The number of anilines is 1. The second-order valence-corrected chi connectivity index (χ2v) is 6.78. The number of hydrogen-bond donors (Lipinski definition) is 1. The third-order valence-electron chi connectivity index (χ3n) is 4.27. The number of nitrogens with zero attached hydrogens (tertiary/aromatic N) is 2. The van der Waals surface area contributed by atoms with Crippen molar-refractivity contribution in [1.29, 1.82) is 5.26 Å². The average Bonchev–Trinajstić information content (AvgIpc) is 3.02. The molecule has 2 heterocycles. The molecule has 0 fully saturated rings. The predicted octanol–water partition coefficient (Wildman–Crippen LogP) is 3.37. The molecular formula is C18H19N3OS. The van der Waals surface area contributed by atoms with Crippen LogP contribution in [0, 0.1) is 11.3 Å². The van der Waals surface area contributed by atoms with E-state index in [0.717, 1.165) is 24.2 Å². The van der Waals surface area contributed by atoms with E-state index in [4.69, 9.17) is 5.26 Å². The van der Waals surface area contributed by atoms with E-state index in [1.807, 2.05) is 35.6 Å². The maximum atomic E-state index is 12.3. The van der Waals surface area contributed by atoms with Crippen molar-refractivity contribution in [1.82, 2.24) is 4.90 Å². The molecule has 1 aliphatic rings. The van der Waals surface area contributed by atoms with E-state index in [1.54, 1.807) is 0 Å². The fourth-order valence-electron chi connectivity index (χ4n) is 2.96. The Morgan fingerprint density at radius 1 is 1.39 bits per heavy atom. The standard InChI is InChI=1S/C18H19N3OS/c1-13-16-8-11-23-17(16)7-10-21(13)12-18(22)20-15-4-2-14(3-5-15)6-9-19/h2-5,8,11,13H,6-7,10,12H2,1H3,(H,20,22)/t13-/m1/s1. The van der Waals surface area contributed by atoms with Gasteiger partial charge in [-0.1, -0.05) is 12.1 Å². The van der Waals surface area contributed by atoms with E-state index < -0.39 is 0 Å². The fraction of sp³-hybridized carbons (Fsp3) is 0.333. The Labute approximate surface area is 140 Å². The van der Waals surface area contributed by atoms with E-state index in [0.29, 0.717) is 13.0 Å². The first-order valence-electron chi connectivity index (χ1n) is 7.73. The highest BCUT2D eigenvalue weighted by atomic mass is 32.1. The molecule has 0 unspecified atom stereocenters. The minimum absolute atomic E-state index is 0.00330. The Morgan fingerprint density at radius 3 is 2.91 bits per heavy atom. The van der Waals surface area contributed by atoms with Crippen LogP contribution in [-0.2, 0) is 17.6 Å². The summed E-state index contributed by atoms with van der Waals surface area (Å²) in [5, 5.41) is 13.7. The van der Waals surface area contributed by atoms with Crippen molar-refractivity contribution in [2.24, 2.45) is 0 Å². The summed E-state index contributed by atoms with van der Waals surface area (Å²) in [4.78, 5) is 15.9. The molecule has 1 atom stereocenters. The van der Waals surface area contributed by atoms with E-state index in [9.17, 15) is 4.79 Å². The van der Waals surface area contributed by atoms with Crippen molar-refractivity contribution in [3.63, 3.8) is 0 Å². The molecule has 2 aromatic rings. The highest BCUT2D eigenvalue weighted by Crippen LogP contribution is 2.32. The first-order chi connectivity index (χ1) is 11.2. The van der Waals surface area contributed by atoms with Crippen molar-refractivity contribution in [3.8, 4) is 6.07 Å². The zero-order chi connectivity index (χ0) is 16.2. The van der Waals surface area contributed by atoms with Crippen LogP contribution in [0.2, 0.25) is 0 Å². The fourth-order valence-corrected chi connectivity index (χ4v) is 3.92. The zero-order valence-corrected chi connectivity index (χ0v) is 13.9. The summed E-state index contributed by atoms with van der Waals surface area (Å²) >= 11 is 1.81. The van der Waals surface area contributed by atoms with Gasteiger partial charge in [-0.2, -0.15) is 5.26 Å². The number of nitrogens with one attached hydrogen (secondary N) is 1. The molecule has 1 N–H and O–H groups in total. The van der Waals surface area contributed by atoms with Crippen molar-refractivity contribution in [2.45, 2.75) is 25.8 Å². The number of fused-ring (bicyclic) bond motifs is 1. The van der Waals surface area contributed by atoms with Crippen LogP contribution in [0.4, 0.5) is 5.69 Å². The van der Waals surface area contributed by atoms with Gasteiger partial charge in [0.25, 0.3) is 0 Å². The largest absolute Gasteiger partial charge is 0.325 e. The van der Waals surface area contributed by atoms with Crippen molar-refractivity contribution >= 4 is 22.9 Å². The molecule has 0 aliphatic carbocycles. The Balaban J connectivity index is 1.58. The average molecular weight is 325 g/mol. The lowest BCUT2D eigenvalue weighted by molar-refractivity contribution is -0.117. The second-order valence-electron chi connectivity index (χ2n) is 5.78. The number of carbonyl (C=O) groups is 1. The Morgan fingerprint density at radius 2 is 2.17 bits per heavy atom. The number of hydrogen-bond acceptors (Lipinski definition) is 4. The van der Waals surface area contributed by atoms with Gasteiger partial charge in [-0.3, -0.25) is 9.69 Å². The van der Waals surface area contributed by atoms with Gasteiger partial charge in [0.1, 0.15) is 0 Å². The quantitative estimate of drug-likeness (QED) is 0.937.